The molecule has 1 unspecified atom stereocenters. The average molecular weight is 436 g/mol. The lowest BCUT2D eigenvalue weighted by Crippen LogP contribution is -2.29. The number of aromatic nitrogens is 2. The summed E-state index contributed by atoms with van der Waals surface area (Å²) in [4.78, 5) is 17.0. The Kier molecular flexibility index (Phi) is 5.53. The number of halogens is 2. The molecule has 5 nitrogen and oxygen atoms in total. The van der Waals surface area contributed by atoms with Crippen LogP contribution >= 0.6 is 15.9 Å². The van der Waals surface area contributed by atoms with E-state index in [0.717, 1.165) is 6.42 Å². The van der Waals surface area contributed by atoms with Crippen molar-refractivity contribution in [3.63, 3.8) is 0 Å². The number of aryl methyl sites for hydroxylation is 2. The fourth-order valence-electron chi connectivity index (χ4n) is 3.45. The number of hydrogen-bond acceptors (Lipinski definition) is 4. The van der Waals surface area contributed by atoms with Crippen molar-refractivity contribution in [2.24, 2.45) is 18.7 Å². The Balaban J connectivity index is 2.18. The fourth-order valence-corrected chi connectivity index (χ4v) is 3.97. The van der Waals surface area contributed by atoms with Crippen molar-refractivity contribution in [3.05, 3.63) is 44.7 Å². The second-order valence-corrected chi connectivity index (χ2v) is 8.14. The summed E-state index contributed by atoms with van der Waals surface area (Å²) in [5, 5.41) is 1.79. The minimum absolute atomic E-state index is 0.0711. The maximum Gasteiger partial charge on any atom is 0.260 e. The molecule has 144 valence electrons. The second kappa shape index (κ2) is 7.56. The molecule has 0 aliphatic rings. The van der Waals surface area contributed by atoms with Gasteiger partial charge >= 0.3 is 0 Å². The summed E-state index contributed by atoms with van der Waals surface area (Å²) in [6, 6.07) is 3.32. The minimum Gasteiger partial charge on any atom is -0.488 e. The Morgan fingerprint density at radius 3 is 2.74 bits per heavy atom. The number of rotatable bonds is 5. The van der Waals surface area contributed by atoms with Crippen molar-refractivity contribution >= 4 is 37.6 Å². The van der Waals surface area contributed by atoms with Crippen LogP contribution < -0.4 is 16.0 Å². The number of ether oxygens (including phenoxy) is 1. The van der Waals surface area contributed by atoms with E-state index in [0.29, 0.717) is 32.2 Å². The van der Waals surface area contributed by atoms with Gasteiger partial charge in [-0.3, -0.25) is 9.78 Å². The van der Waals surface area contributed by atoms with Crippen LogP contribution in [0.25, 0.3) is 21.7 Å². The molecular weight excluding hydrogens is 413 g/mol. The number of benzene rings is 1. The highest BCUT2D eigenvalue weighted by molar-refractivity contribution is 9.10. The lowest BCUT2D eigenvalue weighted by molar-refractivity contribution is 0.259. The quantitative estimate of drug-likeness (QED) is 0.613. The third-order valence-electron chi connectivity index (χ3n) is 4.65. The zero-order valence-corrected chi connectivity index (χ0v) is 17.4. The number of nitrogens with two attached hydrogens (primary N) is 1. The van der Waals surface area contributed by atoms with Crippen molar-refractivity contribution in [2.45, 2.75) is 33.2 Å². The molecule has 27 heavy (non-hydrogen) atoms. The van der Waals surface area contributed by atoms with Crippen molar-refractivity contribution in [3.8, 4) is 5.75 Å². The second-order valence-electron chi connectivity index (χ2n) is 7.28. The monoisotopic (exact) mass is 435 g/mol. The van der Waals surface area contributed by atoms with Gasteiger partial charge in [0.25, 0.3) is 5.56 Å². The van der Waals surface area contributed by atoms with Crippen molar-refractivity contribution < 1.29 is 9.13 Å². The molecule has 0 radical (unpaired) electrons. The predicted molar refractivity (Wildman–Crippen MR) is 110 cm³/mol. The van der Waals surface area contributed by atoms with Gasteiger partial charge in [-0.15, -0.1) is 0 Å². The molecule has 0 aliphatic heterocycles. The summed E-state index contributed by atoms with van der Waals surface area (Å²) < 4.78 is 22.8. The molecule has 0 saturated heterocycles. The molecule has 7 heteroatoms. The molecule has 2 heterocycles. The lowest BCUT2D eigenvalue weighted by atomic mass is 10.0. The van der Waals surface area contributed by atoms with E-state index in [9.17, 15) is 4.79 Å². The average Bonchev–Trinajstić information content (AvgIpc) is 2.58. The first kappa shape index (κ1) is 19.8. The van der Waals surface area contributed by atoms with Crippen LogP contribution in [-0.4, -0.2) is 22.2 Å². The topological polar surface area (TPSA) is 70.1 Å². The van der Waals surface area contributed by atoms with Gasteiger partial charge in [0.05, 0.1) is 21.1 Å². The van der Waals surface area contributed by atoms with Crippen LogP contribution in [0, 0.1) is 18.7 Å². The molecule has 2 N–H and O–H groups in total. The van der Waals surface area contributed by atoms with Crippen molar-refractivity contribution in [1.82, 2.24) is 9.55 Å². The molecule has 0 aliphatic carbocycles. The number of hydrogen-bond donors (Lipinski definition) is 1. The summed E-state index contributed by atoms with van der Waals surface area (Å²) in [7, 11) is 1.56. The van der Waals surface area contributed by atoms with Crippen LogP contribution in [0.2, 0.25) is 0 Å². The van der Waals surface area contributed by atoms with Gasteiger partial charge in [-0.2, -0.15) is 0 Å². The molecule has 1 aromatic carbocycles. The molecule has 0 amide bonds. The fraction of sp³-hybridized carbons (Fsp3) is 0.400. The van der Waals surface area contributed by atoms with E-state index in [-0.39, 0.29) is 29.5 Å². The highest BCUT2D eigenvalue weighted by atomic mass is 79.9. The zero-order chi connectivity index (χ0) is 19.9. The maximum atomic E-state index is 15.3. The van der Waals surface area contributed by atoms with Crippen LogP contribution in [0.5, 0.6) is 5.75 Å². The SMILES string of the molecule is Cc1nccc2c1c(=O)n(C)c1c(F)c(OCC(N)CC(C)C)c(Br)cc21. The Morgan fingerprint density at radius 1 is 1.37 bits per heavy atom. The van der Waals surface area contributed by atoms with Crippen LogP contribution in [0.4, 0.5) is 4.39 Å². The van der Waals surface area contributed by atoms with Gasteiger partial charge < -0.3 is 15.0 Å². The van der Waals surface area contributed by atoms with Crippen LogP contribution in [0.15, 0.2) is 27.6 Å². The van der Waals surface area contributed by atoms with Gasteiger partial charge in [-0.05, 0) is 47.3 Å². The summed E-state index contributed by atoms with van der Waals surface area (Å²) >= 11 is 3.41. The third kappa shape index (κ3) is 3.58. The van der Waals surface area contributed by atoms with Gasteiger partial charge in [0.15, 0.2) is 11.6 Å². The van der Waals surface area contributed by atoms with Gasteiger partial charge in [0.2, 0.25) is 0 Å². The van der Waals surface area contributed by atoms with E-state index in [2.05, 4.69) is 34.8 Å². The van der Waals surface area contributed by atoms with Gasteiger partial charge in [-0.25, -0.2) is 4.39 Å². The van der Waals surface area contributed by atoms with E-state index in [1.807, 2.05) is 0 Å². The van der Waals surface area contributed by atoms with Crippen molar-refractivity contribution in [2.75, 3.05) is 6.61 Å². The van der Waals surface area contributed by atoms with Gasteiger partial charge in [0.1, 0.15) is 6.61 Å². The molecule has 0 spiro atoms. The highest BCUT2D eigenvalue weighted by Crippen LogP contribution is 2.36. The standard InChI is InChI=1S/C20H23BrFN3O2/c1-10(2)7-12(23)9-27-19-15(21)8-14-13-5-6-24-11(3)16(13)20(26)25(4)18(14)17(19)22/h5-6,8,10,12H,7,9,23H2,1-4H3. The lowest BCUT2D eigenvalue weighted by Gasteiger charge is -2.18. The number of pyridine rings is 2. The van der Waals surface area contributed by atoms with E-state index >= 15 is 4.39 Å². The van der Waals surface area contributed by atoms with Crippen molar-refractivity contribution in [1.29, 1.82) is 0 Å². The zero-order valence-electron chi connectivity index (χ0n) is 15.8. The van der Waals surface area contributed by atoms with Crippen LogP contribution in [0.1, 0.15) is 26.0 Å². The molecule has 0 saturated carbocycles. The number of nitrogens with zero attached hydrogens (tertiary/aromatic N) is 2. The molecule has 3 aromatic rings. The first-order chi connectivity index (χ1) is 12.7. The predicted octanol–water partition coefficient (Wildman–Crippen LogP) is 4.05. The molecule has 1 atom stereocenters. The van der Waals surface area contributed by atoms with Crippen LogP contribution in [0.3, 0.4) is 0 Å². The van der Waals surface area contributed by atoms with E-state index in [1.54, 1.807) is 32.3 Å². The van der Waals surface area contributed by atoms with Gasteiger partial charge in [0, 0.05) is 30.1 Å². The Morgan fingerprint density at radius 2 is 2.07 bits per heavy atom. The van der Waals surface area contributed by atoms with Crippen LogP contribution in [-0.2, 0) is 7.05 Å². The smallest absolute Gasteiger partial charge is 0.260 e. The Labute approximate surface area is 165 Å². The molecule has 0 fully saturated rings. The summed E-state index contributed by atoms with van der Waals surface area (Å²) in [5.74, 6) is -0.0774. The first-order valence-electron chi connectivity index (χ1n) is 8.86. The Hall–Kier alpha value is -1.99. The molecule has 2 aromatic heterocycles. The highest BCUT2D eigenvalue weighted by Gasteiger charge is 2.21. The third-order valence-corrected chi connectivity index (χ3v) is 5.24. The summed E-state index contributed by atoms with van der Waals surface area (Å²) in [6.45, 7) is 6.12. The van der Waals surface area contributed by atoms with E-state index in [4.69, 9.17) is 10.5 Å². The molecule has 3 rings (SSSR count). The van der Waals surface area contributed by atoms with E-state index in [1.165, 1.54) is 4.57 Å². The Bertz CT molecular complexity index is 1080. The normalized spacial score (nSPS) is 12.9. The van der Waals surface area contributed by atoms with E-state index < -0.39 is 5.82 Å². The van der Waals surface area contributed by atoms with Gasteiger partial charge in [-0.1, -0.05) is 13.8 Å². The molecule has 0 bridgehead atoms. The minimum atomic E-state index is -0.577. The summed E-state index contributed by atoms with van der Waals surface area (Å²) in [6.07, 6.45) is 2.40. The maximum absolute atomic E-state index is 15.3. The molecular formula is C20H23BrFN3O2. The summed E-state index contributed by atoms with van der Waals surface area (Å²) in [5.41, 5.74) is 6.59. The first-order valence-corrected chi connectivity index (χ1v) is 9.66. The largest absolute Gasteiger partial charge is 0.488 e. The number of fused-ring (bicyclic) bond motifs is 3.